The summed E-state index contributed by atoms with van der Waals surface area (Å²) in [7, 11) is 0. The van der Waals surface area contributed by atoms with Gasteiger partial charge in [-0.3, -0.25) is 5.41 Å². The highest BCUT2D eigenvalue weighted by Crippen LogP contribution is 2.24. The van der Waals surface area contributed by atoms with Crippen molar-refractivity contribution in [3.8, 4) is 0 Å². The van der Waals surface area contributed by atoms with Gasteiger partial charge in [0.1, 0.15) is 5.84 Å². The topological polar surface area (TPSA) is 61.9 Å². The van der Waals surface area contributed by atoms with Gasteiger partial charge >= 0.3 is 0 Å². The van der Waals surface area contributed by atoms with Gasteiger partial charge in [-0.2, -0.15) is 0 Å². The molecule has 1 aromatic carbocycles. The van der Waals surface area contributed by atoms with Crippen molar-refractivity contribution >= 4 is 27.5 Å². The maximum absolute atomic E-state index is 7.46. The predicted octanol–water partition coefficient (Wildman–Crippen LogP) is 2.56. The van der Waals surface area contributed by atoms with E-state index in [-0.39, 0.29) is 5.84 Å². The smallest absolute Gasteiger partial charge is 0.126 e. The Kier molecular flexibility index (Phi) is 3.95. The maximum Gasteiger partial charge on any atom is 0.126 e. The van der Waals surface area contributed by atoms with E-state index in [4.69, 9.17) is 11.1 Å². The quantitative estimate of drug-likeness (QED) is 0.572. The Hall–Kier alpha value is -1.03. The van der Waals surface area contributed by atoms with Crippen LogP contribution in [0.2, 0.25) is 0 Å². The van der Waals surface area contributed by atoms with Crippen LogP contribution in [0.5, 0.6) is 0 Å². The van der Waals surface area contributed by atoms with Crippen molar-refractivity contribution in [3.05, 3.63) is 28.2 Å². The average molecular weight is 256 g/mol. The van der Waals surface area contributed by atoms with Gasteiger partial charge in [0, 0.05) is 16.7 Å². The molecule has 0 saturated carbocycles. The lowest BCUT2D eigenvalue weighted by atomic mass is 10.1. The fourth-order valence-electron chi connectivity index (χ4n) is 1.20. The zero-order chi connectivity index (χ0) is 10.6. The minimum atomic E-state index is 0.0797. The van der Waals surface area contributed by atoms with E-state index in [0.29, 0.717) is 0 Å². The zero-order valence-electron chi connectivity index (χ0n) is 8.10. The molecule has 0 spiro atoms. The molecule has 1 rings (SSSR count). The molecule has 3 nitrogen and oxygen atoms in total. The van der Waals surface area contributed by atoms with Gasteiger partial charge in [0.25, 0.3) is 0 Å². The van der Waals surface area contributed by atoms with Crippen LogP contribution in [0.4, 0.5) is 5.69 Å². The highest BCUT2D eigenvalue weighted by atomic mass is 79.9. The van der Waals surface area contributed by atoms with E-state index >= 15 is 0 Å². The summed E-state index contributed by atoms with van der Waals surface area (Å²) in [5.74, 6) is 0.0797. The molecule has 0 saturated heterocycles. The first-order chi connectivity index (χ1) is 6.66. The molecule has 14 heavy (non-hydrogen) atoms. The molecule has 0 atom stereocenters. The van der Waals surface area contributed by atoms with E-state index in [1.54, 1.807) is 0 Å². The number of hydrogen-bond donors (Lipinski definition) is 3. The summed E-state index contributed by atoms with van der Waals surface area (Å²) in [6.45, 7) is 2.98. The Bertz CT molecular complexity index is 336. The van der Waals surface area contributed by atoms with Crippen LogP contribution in [0, 0.1) is 5.41 Å². The third kappa shape index (κ3) is 2.48. The number of nitrogens with one attached hydrogen (secondary N) is 2. The molecule has 0 unspecified atom stereocenters. The van der Waals surface area contributed by atoms with E-state index < -0.39 is 0 Å². The number of amidine groups is 1. The van der Waals surface area contributed by atoms with E-state index in [0.717, 1.165) is 28.7 Å². The van der Waals surface area contributed by atoms with Crippen LogP contribution >= 0.6 is 15.9 Å². The van der Waals surface area contributed by atoms with Gasteiger partial charge in [-0.1, -0.05) is 13.0 Å². The summed E-state index contributed by atoms with van der Waals surface area (Å²) in [4.78, 5) is 0. The third-order valence-electron chi connectivity index (χ3n) is 1.85. The van der Waals surface area contributed by atoms with Crippen LogP contribution in [0.25, 0.3) is 0 Å². The van der Waals surface area contributed by atoms with Crippen molar-refractivity contribution in [1.82, 2.24) is 0 Å². The van der Waals surface area contributed by atoms with Gasteiger partial charge in [0.2, 0.25) is 0 Å². The first-order valence-corrected chi connectivity index (χ1v) is 5.33. The lowest BCUT2D eigenvalue weighted by molar-refractivity contribution is 0.979. The molecule has 0 amide bonds. The average Bonchev–Trinajstić information content (AvgIpc) is 2.14. The first-order valence-electron chi connectivity index (χ1n) is 4.53. The number of benzene rings is 1. The SMILES string of the molecule is CCCNc1cccc(Br)c1C(=N)N. The largest absolute Gasteiger partial charge is 0.384 e. The second-order valence-corrected chi connectivity index (χ2v) is 3.86. The molecule has 0 aliphatic heterocycles. The van der Waals surface area contributed by atoms with Gasteiger partial charge in [0.15, 0.2) is 0 Å². The predicted molar refractivity (Wildman–Crippen MR) is 63.9 cm³/mol. The first kappa shape index (κ1) is 11.0. The van der Waals surface area contributed by atoms with Crippen LogP contribution in [0.3, 0.4) is 0 Å². The fourth-order valence-corrected chi connectivity index (χ4v) is 1.78. The molecular formula is C10H14BrN3. The highest BCUT2D eigenvalue weighted by molar-refractivity contribution is 9.10. The van der Waals surface area contributed by atoms with Gasteiger partial charge in [-0.05, 0) is 34.5 Å². The summed E-state index contributed by atoms with van der Waals surface area (Å²) in [6, 6.07) is 5.74. The van der Waals surface area contributed by atoms with Gasteiger partial charge in [-0.15, -0.1) is 0 Å². The van der Waals surface area contributed by atoms with E-state index in [1.807, 2.05) is 18.2 Å². The molecule has 0 fully saturated rings. The van der Waals surface area contributed by atoms with Crippen molar-refractivity contribution in [1.29, 1.82) is 5.41 Å². The minimum absolute atomic E-state index is 0.0797. The number of nitrogens with two attached hydrogens (primary N) is 1. The molecule has 76 valence electrons. The summed E-state index contributed by atoms with van der Waals surface area (Å²) < 4.78 is 0.853. The molecule has 4 N–H and O–H groups in total. The molecule has 0 heterocycles. The summed E-state index contributed by atoms with van der Waals surface area (Å²) in [5, 5.41) is 10.7. The molecule has 0 aliphatic carbocycles. The van der Waals surface area contributed by atoms with E-state index in [1.165, 1.54) is 0 Å². The molecule has 0 aliphatic rings. The zero-order valence-corrected chi connectivity index (χ0v) is 9.69. The summed E-state index contributed by atoms with van der Waals surface area (Å²) in [5.41, 5.74) is 7.15. The maximum atomic E-state index is 7.46. The van der Waals surface area contributed by atoms with Gasteiger partial charge in [0.05, 0.1) is 5.56 Å². The number of rotatable bonds is 4. The Morgan fingerprint density at radius 2 is 2.29 bits per heavy atom. The molecule has 0 radical (unpaired) electrons. The summed E-state index contributed by atoms with van der Waals surface area (Å²) in [6.07, 6.45) is 1.05. The van der Waals surface area contributed by atoms with Crippen LogP contribution in [-0.4, -0.2) is 12.4 Å². The van der Waals surface area contributed by atoms with Crippen LogP contribution in [-0.2, 0) is 0 Å². The lowest BCUT2D eigenvalue weighted by Crippen LogP contribution is -2.15. The van der Waals surface area contributed by atoms with Gasteiger partial charge < -0.3 is 11.1 Å². The van der Waals surface area contributed by atoms with E-state index in [2.05, 4.69) is 28.2 Å². The Balaban J connectivity index is 3.02. The molecule has 0 bridgehead atoms. The van der Waals surface area contributed by atoms with Crippen LogP contribution < -0.4 is 11.1 Å². The molecular weight excluding hydrogens is 242 g/mol. The second-order valence-electron chi connectivity index (χ2n) is 3.00. The van der Waals surface area contributed by atoms with Crippen molar-refractivity contribution in [3.63, 3.8) is 0 Å². The van der Waals surface area contributed by atoms with Gasteiger partial charge in [-0.25, -0.2) is 0 Å². The fraction of sp³-hybridized carbons (Fsp3) is 0.300. The minimum Gasteiger partial charge on any atom is -0.384 e. The highest BCUT2D eigenvalue weighted by Gasteiger charge is 2.08. The number of anilines is 1. The number of hydrogen-bond acceptors (Lipinski definition) is 2. The third-order valence-corrected chi connectivity index (χ3v) is 2.51. The van der Waals surface area contributed by atoms with Crippen molar-refractivity contribution in [2.24, 2.45) is 5.73 Å². The van der Waals surface area contributed by atoms with Crippen molar-refractivity contribution in [2.45, 2.75) is 13.3 Å². The number of halogens is 1. The molecule has 1 aromatic rings. The monoisotopic (exact) mass is 255 g/mol. The van der Waals surface area contributed by atoms with Crippen LogP contribution in [0.1, 0.15) is 18.9 Å². The Morgan fingerprint density at radius 1 is 1.57 bits per heavy atom. The lowest BCUT2D eigenvalue weighted by Gasteiger charge is -2.11. The Morgan fingerprint density at radius 3 is 2.86 bits per heavy atom. The van der Waals surface area contributed by atoms with E-state index in [9.17, 15) is 0 Å². The van der Waals surface area contributed by atoms with Crippen LogP contribution in [0.15, 0.2) is 22.7 Å². The normalized spacial score (nSPS) is 9.86. The summed E-state index contributed by atoms with van der Waals surface area (Å²) >= 11 is 3.38. The number of nitrogen functional groups attached to an aromatic ring is 1. The standard InChI is InChI=1S/C10H14BrN3/c1-2-6-14-8-5-3-4-7(11)9(8)10(12)13/h3-5,14H,2,6H2,1H3,(H3,12,13). The van der Waals surface area contributed by atoms with Crippen molar-refractivity contribution < 1.29 is 0 Å². The second kappa shape index (κ2) is 5.00. The van der Waals surface area contributed by atoms with Crippen molar-refractivity contribution in [2.75, 3.05) is 11.9 Å². The Labute approximate surface area is 92.3 Å². The molecule has 4 heteroatoms. The molecule has 0 aromatic heterocycles.